The van der Waals surface area contributed by atoms with E-state index in [1.165, 1.54) is 19.3 Å². The number of rotatable bonds is 5. The summed E-state index contributed by atoms with van der Waals surface area (Å²) < 4.78 is 5.67. The van der Waals surface area contributed by atoms with Crippen molar-refractivity contribution in [2.45, 2.75) is 37.8 Å². The average molecular weight is 372 g/mol. The molecule has 2 aliphatic rings. The van der Waals surface area contributed by atoms with Crippen LogP contribution in [0.5, 0.6) is 0 Å². The molecule has 3 heterocycles. The number of carbonyl (C=O) groups excluding carboxylic acids is 1. The minimum absolute atomic E-state index is 0.0346. The van der Waals surface area contributed by atoms with Crippen LogP contribution in [0.2, 0.25) is 0 Å². The highest BCUT2D eigenvalue weighted by Gasteiger charge is 2.34. The molecule has 4 rings (SSSR count). The van der Waals surface area contributed by atoms with Gasteiger partial charge >= 0.3 is 0 Å². The molecule has 0 unspecified atom stereocenters. The van der Waals surface area contributed by atoms with E-state index in [-0.39, 0.29) is 11.9 Å². The van der Waals surface area contributed by atoms with Crippen LogP contribution in [0.25, 0.3) is 10.6 Å². The van der Waals surface area contributed by atoms with Crippen LogP contribution >= 0.6 is 11.3 Å². The minimum atomic E-state index is 0.0346. The Morgan fingerprint density at radius 2 is 2.00 bits per heavy atom. The number of benzene rings is 1. The molecule has 2 aliphatic heterocycles. The van der Waals surface area contributed by atoms with Crippen LogP contribution < -0.4 is 5.32 Å². The predicted molar refractivity (Wildman–Crippen MR) is 103 cm³/mol. The third-order valence-electron chi connectivity index (χ3n) is 5.17. The van der Waals surface area contributed by atoms with Crippen molar-refractivity contribution < 1.29 is 9.53 Å². The van der Waals surface area contributed by atoms with Gasteiger partial charge in [-0.3, -0.25) is 9.69 Å². The SMILES string of the molecule is O=C(Cc1csc(-c2ccccc2)n1)N[C@@H]1COC[C@H]1N1CCCCC1. The molecular weight excluding hydrogens is 346 g/mol. The van der Waals surface area contributed by atoms with E-state index in [2.05, 4.69) is 15.2 Å². The monoisotopic (exact) mass is 371 g/mol. The van der Waals surface area contributed by atoms with Crippen LogP contribution in [0.3, 0.4) is 0 Å². The molecule has 1 aromatic carbocycles. The standard InChI is InChI=1S/C20H25N3O2S/c24-19(11-16-14-26-20(21-16)15-7-3-1-4-8-15)22-17-12-25-13-18(17)23-9-5-2-6-10-23/h1,3-4,7-8,14,17-18H,2,5-6,9-13H2,(H,22,24)/t17-,18-/m1/s1. The first-order valence-corrected chi connectivity index (χ1v) is 10.3. The Morgan fingerprint density at radius 3 is 2.81 bits per heavy atom. The summed E-state index contributed by atoms with van der Waals surface area (Å²) in [6, 6.07) is 10.5. The summed E-state index contributed by atoms with van der Waals surface area (Å²) in [5, 5.41) is 6.13. The lowest BCUT2D eigenvalue weighted by molar-refractivity contribution is -0.121. The van der Waals surface area contributed by atoms with E-state index < -0.39 is 0 Å². The molecule has 2 fully saturated rings. The lowest BCUT2D eigenvalue weighted by Gasteiger charge is -2.34. The lowest BCUT2D eigenvalue weighted by Crippen LogP contribution is -2.52. The number of hydrogen-bond donors (Lipinski definition) is 1. The second-order valence-corrected chi connectivity index (χ2v) is 7.92. The van der Waals surface area contributed by atoms with Gasteiger partial charge in [-0.25, -0.2) is 4.98 Å². The van der Waals surface area contributed by atoms with Crippen LogP contribution in [0.4, 0.5) is 0 Å². The van der Waals surface area contributed by atoms with Gasteiger partial charge < -0.3 is 10.1 Å². The normalized spacial score (nSPS) is 23.8. The smallest absolute Gasteiger partial charge is 0.226 e. The van der Waals surface area contributed by atoms with Crippen molar-refractivity contribution >= 4 is 17.2 Å². The second kappa shape index (κ2) is 8.29. The van der Waals surface area contributed by atoms with Crippen LogP contribution in [0.15, 0.2) is 35.7 Å². The Labute approximate surface area is 158 Å². The van der Waals surface area contributed by atoms with Crippen LogP contribution in [0.1, 0.15) is 25.0 Å². The van der Waals surface area contributed by atoms with Gasteiger partial charge in [-0.2, -0.15) is 0 Å². The molecule has 0 aliphatic carbocycles. The highest BCUT2D eigenvalue weighted by molar-refractivity contribution is 7.13. The molecule has 2 aromatic rings. The number of ether oxygens (including phenoxy) is 1. The minimum Gasteiger partial charge on any atom is -0.378 e. The first-order valence-electron chi connectivity index (χ1n) is 9.40. The van der Waals surface area contributed by atoms with E-state index >= 15 is 0 Å². The Balaban J connectivity index is 1.34. The summed E-state index contributed by atoms with van der Waals surface area (Å²) in [7, 11) is 0. The molecule has 0 spiro atoms. The van der Waals surface area contributed by atoms with Gasteiger partial charge in [0.2, 0.25) is 5.91 Å². The van der Waals surface area contributed by atoms with Gasteiger partial charge in [-0.05, 0) is 25.9 Å². The van der Waals surface area contributed by atoms with Gasteiger partial charge in [-0.1, -0.05) is 36.8 Å². The van der Waals surface area contributed by atoms with Gasteiger partial charge in [0.25, 0.3) is 0 Å². The molecule has 138 valence electrons. The maximum Gasteiger partial charge on any atom is 0.226 e. The van der Waals surface area contributed by atoms with E-state index in [4.69, 9.17) is 4.74 Å². The fourth-order valence-corrected chi connectivity index (χ4v) is 4.64. The van der Waals surface area contributed by atoms with Gasteiger partial charge in [0.1, 0.15) is 5.01 Å². The van der Waals surface area contributed by atoms with Gasteiger partial charge in [0, 0.05) is 10.9 Å². The van der Waals surface area contributed by atoms with Gasteiger partial charge in [0.05, 0.1) is 37.4 Å². The molecule has 5 nitrogen and oxygen atoms in total. The molecule has 6 heteroatoms. The zero-order chi connectivity index (χ0) is 17.8. The second-order valence-electron chi connectivity index (χ2n) is 7.06. The number of amides is 1. The lowest BCUT2D eigenvalue weighted by atomic mass is 10.0. The third kappa shape index (κ3) is 4.14. The molecule has 0 saturated carbocycles. The third-order valence-corrected chi connectivity index (χ3v) is 6.11. The zero-order valence-corrected chi connectivity index (χ0v) is 15.7. The largest absolute Gasteiger partial charge is 0.378 e. The fraction of sp³-hybridized carbons (Fsp3) is 0.500. The van der Waals surface area contributed by atoms with Crippen molar-refractivity contribution in [1.29, 1.82) is 0 Å². The van der Waals surface area contributed by atoms with Crippen LogP contribution in [0, 0.1) is 0 Å². The van der Waals surface area contributed by atoms with Crippen molar-refractivity contribution in [3.63, 3.8) is 0 Å². The Morgan fingerprint density at radius 1 is 1.19 bits per heavy atom. The highest BCUT2D eigenvalue weighted by Crippen LogP contribution is 2.24. The molecule has 2 atom stereocenters. The molecular formula is C20H25N3O2S. The molecule has 2 saturated heterocycles. The quantitative estimate of drug-likeness (QED) is 0.878. The number of nitrogens with one attached hydrogen (secondary N) is 1. The Bertz CT molecular complexity index is 728. The van der Waals surface area contributed by atoms with Gasteiger partial charge in [0.15, 0.2) is 0 Å². The summed E-state index contributed by atoms with van der Waals surface area (Å²) in [5.74, 6) is 0.0346. The fourth-order valence-electron chi connectivity index (χ4n) is 3.81. The van der Waals surface area contributed by atoms with Crippen molar-refractivity contribution in [1.82, 2.24) is 15.2 Å². The summed E-state index contributed by atoms with van der Waals surface area (Å²) in [6.45, 7) is 3.57. The summed E-state index contributed by atoms with van der Waals surface area (Å²) in [5.41, 5.74) is 1.93. The number of aromatic nitrogens is 1. The molecule has 1 amide bonds. The first-order chi connectivity index (χ1) is 12.8. The van der Waals surface area contributed by atoms with E-state index in [1.807, 2.05) is 35.7 Å². The molecule has 1 aromatic heterocycles. The zero-order valence-electron chi connectivity index (χ0n) is 14.9. The summed E-state index contributed by atoms with van der Waals surface area (Å²) in [6.07, 6.45) is 4.14. The number of piperidine rings is 1. The maximum atomic E-state index is 12.5. The summed E-state index contributed by atoms with van der Waals surface area (Å²) >= 11 is 1.59. The summed E-state index contributed by atoms with van der Waals surface area (Å²) in [4.78, 5) is 19.6. The van der Waals surface area contributed by atoms with Crippen molar-refractivity contribution in [3.8, 4) is 10.6 Å². The molecule has 0 bridgehead atoms. The number of likely N-dealkylation sites (tertiary alicyclic amines) is 1. The number of thiazole rings is 1. The molecule has 26 heavy (non-hydrogen) atoms. The molecule has 0 radical (unpaired) electrons. The van der Waals surface area contributed by atoms with Crippen molar-refractivity contribution in [2.75, 3.05) is 26.3 Å². The van der Waals surface area contributed by atoms with Crippen molar-refractivity contribution in [3.05, 3.63) is 41.4 Å². The number of nitrogens with zero attached hydrogens (tertiary/aromatic N) is 2. The van der Waals surface area contributed by atoms with E-state index in [0.717, 1.165) is 36.0 Å². The van der Waals surface area contributed by atoms with Crippen LogP contribution in [-0.4, -0.2) is 54.2 Å². The predicted octanol–water partition coefficient (Wildman–Crippen LogP) is 2.72. The van der Waals surface area contributed by atoms with E-state index in [9.17, 15) is 4.79 Å². The first kappa shape index (κ1) is 17.6. The van der Waals surface area contributed by atoms with Crippen LogP contribution in [-0.2, 0) is 16.0 Å². The van der Waals surface area contributed by atoms with Crippen molar-refractivity contribution in [2.24, 2.45) is 0 Å². The van der Waals surface area contributed by atoms with E-state index in [1.54, 1.807) is 11.3 Å². The number of carbonyl (C=O) groups is 1. The Hall–Kier alpha value is -1.76. The highest BCUT2D eigenvalue weighted by atomic mass is 32.1. The Kier molecular flexibility index (Phi) is 5.62. The van der Waals surface area contributed by atoms with Gasteiger partial charge in [-0.15, -0.1) is 11.3 Å². The topological polar surface area (TPSA) is 54.5 Å². The number of hydrogen-bond acceptors (Lipinski definition) is 5. The average Bonchev–Trinajstić information content (AvgIpc) is 3.33. The maximum absolute atomic E-state index is 12.5. The molecule has 1 N–H and O–H groups in total. The van der Waals surface area contributed by atoms with E-state index in [0.29, 0.717) is 19.1 Å².